The van der Waals surface area contributed by atoms with E-state index in [1.54, 1.807) is 18.3 Å². The van der Waals surface area contributed by atoms with Crippen molar-refractivity contribution in [2.75, 3.05) is 19.6 Å². The van der Waals surface area contributed by atoms with Gasteiger partial charge in [0.15, 0.2) is 5.96 Å². The van der Waals surface area contributed by atoms with Crippen LogP contribution in [0.2, 0.25) is 0 Å². The Morgan fingerprint density at radius 3 is 2.84 bits per heavy atom. The number of aliphatic hydroxyl groups is 1. The van der Waals surface area contributed by atoms with E-state index in [2.05, 4.69) is 20.7 Å². The highest BCUT2D eigenvalue weighted by Crippen LogP contribution is 2.23. The molecule has 0 bridgehead atoms. The van der Waals surface area contributed by atoms with Gasteiger partial charge < -0.3 is 15.7 Å². The van der Waals surface area contributed by atoms with Gasteiger partial charge in [-0.1, -0.05) is 0 Å². The zero-order valence-electron chi connectivity index (χ0n) is 15.0. The molecule has 0 aromatic carbocycles. The lowest BCUT2D eigenvalue weighted by atomic mass is 10.00. The average molecular weight is 477 g/mol. The molecule has 140 valence electrons. The van der Waals surface area contributed by atoms with Crippen LogP contribution in [-0.4, -0.2) is 40.5 Å². The Bertz CT molecular complexity index is 639. The summed E-state index contributed by atoms with van der Waals surface area (Å²) < 4.78 is 1.82. The van der Waals surface area contributed by atoms with Crippen LogP contribution in [0, 0.1) is 0 Å². The van der Waals surface area contributed by atoms with Crippen molar-refractivity contribution in [1.82, 2.24) is 20.4 Å². The van der Waals surface area contributed by atoms with Gasteiger partial charge in [-0.3, -0.25) is 4.68 Å². The maximum atomic E-state index is 10.5. The first-order valence-corrected chi connectivity index (χ1v) is 9.20. The lowest BCUT2D eigenvalue weighted by Gasteiger charge is -2.21. The topological polar surface area (TPSA) is 74.5 Å². The predicted molar refractivity (Wildman–Crippen MR) is 115 cm³/mol. The van der Waals surface area contributed by atoms with Crippen molar-refractivity contribution in [3.05, 3.63) is 40.3 Å². The van der Waals surface area contributed by atoms with Crippen molar-refractivity contribution in [3.63, 3.8) is 0 Å². The second kappa shape index (κ2) is 10.8. The first kappa shape index (κ1) is 21.9. The van der Waals surface area contributed by atoms with Crippen molar-refractivity contribution < 1.29 is 5.11 Å². The number of aryl methyl sites for hydroxylation is 2. The van der Waals surface area contributed by atoms with Crippen LogP contribution >= 0.6 is 35.3 Å². The van der Waals surface area contributed by atoms with E-state index in [0.717, 1.165) is 37.5 Å². The summed E-state index contributed by atoms with van der Waals surface area (Å²) in [5.74, 6) is 0.735. The molecule has 2 aromatic heterocycles. The molecular weight excluding hydrogens is 449 g/mol. The van der Waals surface area contributed by atoms with Crippen molar-refractivity contribution in [2.24, 2.45) is 12.0 Å². The Balaban J connectivity index is 0.00000312. The van der Waals surface area contributed by atoms with Gasteiger partial charge in [-0.05, 0) is 54.6 Å². The molecule has 0 saturated heterocycles. The van der Waals surface area contributed by atoms with Crippen molar-refractivity contribution in [2.45, 2.75) is 32.3 Å². The molecule has 3 N–H and O–H groups in total. The second-order valence-electron chi connectivity index (χ2n) is 6.03. The molecule has 6 nitrogen and oxygen atoms in total. The van der Waals surface area contributed by atoms with Crippen LogP contribution in [0.4, 0.5) is 0 Å². The third kappa shape index (κ3) is 7.33. The maximum Gasteiger partial charge on any atom is 0.191 e. The number of hydrogen-bond acceptors (Lipinski definition) is 4. The number of rotatable bonds is 8. The van der Waals surface area contributed by atoms with E-state index in [4.69, 9.17) is 0 Å². The van der Waals surface area contributed by atoms with E-state index in [1.807, 2.05) is 47.9 Å². The summed E-state index contributed by atoms with van der Waals surface area (Å²) in [4.78, 5) is 4.52. The molecule has 0 aliphatic heterocycles. The highest BCUT2D eigenvalue weighted by molar-refractivity contribution is 14.0. The first-order chi connectivity index (χ1) is 11.5. The van der Waals surface area contributed by atoms with Gasteiger partial charge in [-0.15, -0.1) is 24.0 Å². The molecule has 0 radical (unpaired) electrons. The zero-order valence-corrected chi connectivity index (χ0v) is 18.2. The third-order valence-corrected chi connectivity index (χ3v) is 4.41. The highest BCUT2D eigenvalue weighted by atomic mass is 127. The molecule has 0 saturated carbocycles. The standard InChI is InChI=1S/C17H27N5OS.HI/c1-4-18-16(19-8-5-6-14-10-21-22(3)11-14)20-13-17(2,23)15-7-9-24-12-15;/h7,9-12,23H,4-6,8,13H2,1-3H3,(H2,18,19,20);1H. The maximum absolute atomic E-state index is 10.5. The van der Waals surface area contributed by atoms with Crippen LogP contribution in [0.1, 0.15) is 31.4 Å². The Kier molecular flexibility index (Phi) is 9.44. The number of aromatic nitrogens is 2. The van der Waals surface area contributed by atoms with E-state index in [1.165, 1.54) is 5.56 Å². The minimum Gasteiger partial charge on any atom is -0.383 e. The fourth-order valence-electron chi connectivity index (χ4n) is 2.34. The molecule has 0 amide bonds. The smallest absolute Gasteiger partial charge is 0.191 e. The molecule has 2 heterocycles. The summed E-state index contributed by atoms with van der Waals surface area (Å²) in [5, 5.41) is 25.2. The normalized spacial score (nSPS) is 13.8. The fraction of sp³-hybridized carbons (Fsp3) is 0.529. The molecule has 25 heavy (non-hydrogen) atoms. The summed E-state index contributed by atoms with van der Waals surface area (Å²) >= 11 is 1.58. The molecular formula is C17H28IN5OS. The summed E-state index contributed by atoms with van der Waals surface area (Å²) in [5.41, 5.74) is 1.20. The largest absolute Gasteiger partial charge is 0.383 e. The average Bonchev–Trinajstić information content (AvgIpc) is 3.21. The van der Waals surface area contributed by atoms with E-state index < -0.39 is 5.60 Å². The molecule has 1 unspecified atom stereocenters. The van der Waals surface area contributed by atoms with Gasteiger partial charge in [0.1, 0.15) is 5.60 Å². The van der Waals surface area contributed by atoms with Crippen LogP contribution in [0.25, 0.3) is 0 Å². The van der Waals surface area contributed by atoms with Crippen molar-refractivity contribution in [3.8, 4) is 0 Å². The van der Waals surface area contributed by atoms with Crippen molar-refractivity contribution >= 4 is 41.3 Å². The summed E-state index contributed by atoms with van der Waals surface area (Å²) in [6.07, 6.45) is 5.92. The Hall–Kier alpha value is -1.13. The quantitative estimate of drug-likeness (QED) is 0.237. The Labute approximate surface area is 170 Å². The minimum absolute atomic E-state index is 0. The zero-order chi connectivity index (χ0) is 17.4. The van der Waals surface area contributed by atoms with E-state index >= 15 is 0 Å². The molecule has 2 rings (SSSR count). The summed E-state index contributed by atoms with van der Waals surface area (Å²) in [6, 6.07) is 1.94. The van der Waals surface area contributed by atoms with Gasteiger partial charge in [0.2, 0.25) is 0 Å². The molecule has 0 fully saturated rings. The monoisotopic (exact) mass is 477 g/mol. The van der Waals surface area contributed by atoms with E-state index in [0.29, 0.717) is 6.54 Å². The fourth-order valence-corrected chi connectivity index (χ4v) is 3.12. The second-order valence-corrected chi connectivity index (χ2v) is 6.81. The summed E-state index contributed by atoms with van der Waals surface area (Å²) in [6.45, 7) is 5.76. The lowest BCUT2D eigenvalue weighted by Crippen LogP contribution is -2.39. The molecule has 0 aliphatic rings. The number of aliphatic imine (C=N–C) groups is 1. The lowest BCUT2D eigenvalue weighted by molar-refractivity contribution is 0.0677. The van der Waals surface area contributed by atoms with Crippen LogP contribution in [0.5, 0.6) is 0 Å². The van der Waals surface area contributed by atoms with Gasteiger partial charge in [-0.25, -0.2) is 4.99 Å². The number of nitrogens with zero attached hydrogens (tertiary/aromatic N) is 3. The number of hydrogen-bond donors (Lipinski definition) is 3. The molecule has 1 atom stereocenters. The summed E-state index contributed by atoms with van der Waals surface area (Å²) in [7, 11) is 1.93. The first-order valence-electron chi connectivity index (χ1n) is 8.26. The van der Waals surface area contributed by atoms with Crippen LogP contribution in [-0.2, 0) is 19.1 Å². The Morgan fingerprint density at radius 2 is 2.24 bits per heavy atom. The van der Waals surface area contributed by atoms with Crippen LogP contribution < -0.4 is 10.6 Å². The highest BCUT2D eigenvalue weighted by Gasteiger charge is 2.23. The van der Waals surface area contributed by atoms with E-state index in [9.17, 15) is 5.11 Å². The van der Waals surface area contributed by atoms with Crippen LogP contribution in [0.3, 0.4) is 0 Å². The number of nitrogens with one attached hydrogen (secondary N) is 2. The van der Waals surface area contributed by atoms with Gasteiger partial charge in [0, 0.05) is 26.3 Å². The number of halogens is 1. The van der Waals surface area contributed by atoms with Crippen molar-refractivity contribution in [1.29, 1.82) is 0 Å². The van der Waals surface area contributed by atoms with E-state index in [-0.39, 0.29) is 24.0 Å². The molecule has 0 aliphatic carbocycles. The molecule has 8 heteroatoms. The number of thiophene rings is 1. The van der Waals surface area contributed by atoms with Gasteiger partial charge in [0.05, 0.1) is 12.7 Å². The SMILES string of the molecule is CCNC(=NCC(C)(O)c1ccsc1)NCCCc1cnn(C)c1.I. The Morgan fingerprint density at radius 1 is 1.44 bits per heavy atom. The molecule has 0 spiro atoms. The number of guanidine groups is 1. The van der Waals surface area contributed by atoms with Crippen LogP contribution in [0.15, 0.2) is 34.2 Å². The van der Waals surface area contributed by atoms with Gasteiger partial charge in [-0.2, -0.15) is 16.4 Å². The van der Waals surface area contributed by atoms with Gasteiger partial charge >= 0.3 is 0 Å². The third-order valence-electron chi connectivity index (χ3n) is 3.73. The minimum atomic E-state index is -0.946. The van der Waals surface area contributed by atoms with Gasteiger partial charge in [0.25, 0.3) is 0 Å². The molecule has 2 aromatic rings. The predicted octanol–water partition coefficient (Wildman–Crippen LogP) is 2.50.